The lowest BCUT2D eigenvalue weighted by molar-refractivity contribution is -0.133. The highest BCUT2D eigenvalue weighted by molar-refractivity contribution is 8.00. The largest absolute Gasteiger partial charge is 0.338 e. The van der Waals surface area contributed by atoms with Crippen molar-refractivity contribution < 1.29 is 4.79 Å². The minimum Gasteiger partial charge on any atom is -0.338 e. The summed E-state index contributed by atoms with van der Waals surface area (Å²) >= 11 is 1.97. The van der Waals surface area contributed by atoms with Crippen molar-refractivity contribution in [1.82, 2.24) is 10.2 Å². The Morgan fingerprint density at radius 2 is 2.06 bits per heavy atom. The number of amides is 1. The third-order valence-electron chi connectivity index (χ3n) is 3.20. The van der Waals surface area contributed by atoms with Crippen LogP contribution in [0.15, 0.2) is 0 Å². The second-order valence-corrected chi connectivity index (χ2v) is 7.32. The molecule has 3 nitrogen and oxygen atoms in total. The molecule has 4 heteroatoms. The second kappa shape index (κ2) is 6.10. The predicted octanol–water partition coefficient (Wildman–Crippen LogP) is 2.12. The zero-order valence-corrected chi connectivity index (χ0v) is 12.6. The van der Waals surface area contributed by atoms with Crippen LogP contribution in [0.1, 0.15) is 41.0 Å². The first-order valence-corrected chi connectivity index (χ1v) is 7.52. The van der Waals surface area contributed by atoms with Crippen molar-refractivity contribution in [2.24, 2.45) is 0 Å². The monoisotopic (exact) mass is 258 g/mol. The highest BCUT2D eigenvalue weighted by Crippen LogP contribution is 2.24. The Balaban J connectivity index is 2.37. The Labute approximate surface area is 110 Å². The van der Waals surface area contributed by atoms with Crippen molar-refractivity contribution in [3.05, 3.63) is 0 Å². The first-order chi connectivity index (χ1) is 7.81. The van der Waals surface area contributed by atoms with Gasteiger partial charge in [-0.3, -0.25) is 4.79 Å². The summed E-state index contributed by atoms with van der Waals surface area (Å²) in [5, 5.41) is 3.92. The molecule has 1 fully saturated rings. The molecule has 2 unspecified atom stereocenters. The van der Waals surface area contributed by atoms with E-state index in [9.17, 15) is 4.79 Å². The standard InChI is InChI=1S/C13H26N2OS/c1-10-11(2)17-9-8-15(10)12(16)6-7-14-13(3,4)5/h10-11,14H,6-9H2,1-5H3. The van der Waals surface area contributed by atoms with E-state index in [0.717, 1.165) is 18.8 Å². The molecule has 1 aliphatic heterocycles. The Bertz CT molecular complexity index is 263. The van der Waals surface area contributed by atoms with Crippen molar-refractivity contribution in [3.63, 3.8) is 0 Å². The molecule has 2 atom stereocenters. The molecule has 1 aliphatic rings. The maximum atomic E-state index is 12.1. The first kappa shape index (κ1) is 14.8. The fourth-order valence-electron chi connectivity index (χ4n) is 1.97. The van der Waals surface area contributed by atoms with Crippen LogP contribution in [0.4, 0.5) is 0 Å². The molecule has 0 saturated carbocycles. The zero-order valence-electron chi connectivity index (χ0n) is 11.7. The van der Waals surface area contributed by atoms with E-state index in [2.05, 4.69) is 39.9 Å². The van der Waals surface area contributed by atoms with E-state index in [4.69, 9.17) is 0 Å². The van der Waals surface area contributed by atoms with E-state index >= 15 is 0 Å². The van der Waals surface area contributed by atoms with E-state index < -0.39 is 0 Å². The number of carbonyl (C=O) groups is 1. The van der Waals surface area contributed by atoms with Crippen LogP contribution < -0.4 is 5.32 Å². The fourth-order valence-corrected chi connectivity index (χ4v) is 3.07. The van der Waals surface area contributed by atoms with Gasteiger partial charge < -0.3 is 10.2 Å². The Morgan fingerprint density at radius 3 is 2.65 bits per heavy atom. The summed E-state index contributed by atoms with van der Waals surface area (Å²) in [7, 11) is 0. The minimum absolute atomic E-state index is 0.0942. The number of nitrogens with one attached hydrogen (secondary N) is 1. The lowest BCUT2D eigenvalue weighted by Gasteiger charge is -2.37. The number of nitrogens with zero attached hydrogens (tertiary/aromatic N) is 1. The zero-order chi connectivity index (χ0) is 13.1. The van der Waals surface area contributed by atoms with Crippen LogP contribution in [0.5, 0.6) is 0 Å². The molecule has 0 aliphatic carbocycles. The van der Waals surface area contributed by atoms with Crippen LogP contribution in [-0.4, -0.2) is 46.5 Å². The molecule has 100 valence electrons. The van der Waals surface area contributed by atoms with Crippen molar-refractivity contribution in [3.8, 4) is 0 Å². The van der Waals surface area contributed by atoms with Crippen molar-refractivity contribution >= 4 is 17.7 Å². The van der Waals surface area contributed by atoms with E-state index in [1.54, 1.807) is 0 Å². The summed E-state index contributed by atoms with van der Waals surface area (Å²) in [4.78, 5) is 14.2. The van der Waals surface area contributed by atoms with Gasteiger partial charge in [0.1, 0.15) is 0 Å². The van der Waals surface area contributed by atoms with E-state index in [-0.39, 0.29) is 5.54 Å². The molecule has 0 bridgehead atoms. The minimum atomic E-state index is 0.0942. The van der Waals surface area contributed by atoms with E-state index in [1.807, 2.05) is 16.7 Å². The molecule has 17 heavy (non-hydrogen) atoms. The van der Waals surface area contributed by atoms with Gasteiger partial charge >= 0.3 is 0 Å². The Kier molecular flexibility index (Phi) is 5.32. The maximum absolute atomic E-state index is 12.1. The van der Waals surface area contributed by atoms with Gasteiger partial charge in [0.05, 0.1) is 0 Å². The average molecular weight is 258 g/mol. The number of thioether (sulfide) groups is 1. The van der Waals surface area contributed by atoms with Gasteiger partial charge in [-0.05, 0) is 27.7 Å². The second-order valence-electron chi connectivity index (χ2n) is 5.83. The van der Waals surface area contributed by atoms with Crippen molar-refractivity contribution in [2.45, 2.75) is 57.9 Å². The summed E-state index contributed by atoms with van der Waals surface area (Å²) < 4.78 is 0. The summed E-state index contributed by atoms with van der Waals surface area (Å²) in [5.74, 6) is 1.37. The highest BCUT2D eigenvalue weighted by atomic mass is 32.2. The lowest BCUT2D eigenvalue weighted by atomic mass is 10.1. The topological polar surface area (TPSA) is 32.3 Å². The van der Waals surface area contributed by atoms with Crippen LogP contribution in [0.2, 0.25) is 0 Å². The summed E-state index contributed by atoms with van der Waals surface area (Å²) in [6, 6.07) is 0.371. The van der Waals surface area contributed by atoms with Gasteiger partial charge in [0.2, 0.25) is 5.91 Å². The van der Waals surface area contributed by atoms with Crippen LogP contribution in [0, 0.1) is 0 Å². The van der Waals surface area contributed by atoms with Gasteiger partial charge in [-0.25, -0.2) is 0 Å². The molecule has 1 amide bonds. The quantitative estimate of drug-likeness (QED) is 0.841. The summed E-state index contributed by atoms with van der Waals surface area (Å²) in [6.45, 7) is 12.4. The van der Waals surface area contributed by atoms with Crippen molar-refractivity contribution in [2.75, 3.05) is 18.8 Å². The fraction of sp³-hybridized carbons (Fsp3) is 0.923. The normalized spacial score (nSPS) is 26.1. The number of carbonyl (C=O) groups excluding carboxylic acids is 1. The van der Waals surface area contributed by atoms with Gasteiger partial charge in [-0.15, -0.1) is 0 Å². The third-order valence-corrected chi connectivity index (χ3v) is 4.54. The van der Waals surface area contributed by atoms with Gasteiger partial charge in [0.25, 0.3) is 0 Å². The molecule has 1 rings (SSSR count). The van der Waals surface area contributed by atoms with Crippen LogP contribution >= 0.6 is 11.8 Å². The smallest absolute Gasteiger partial charge is 0.224 e. The number of hydrogen-bond donors (Lipinski definition) is 1. The average Bonchev–Trinajstić information content (AvgIpc) is 2.20. The number of hydrogen-bond acceptors (Lipinski definition) is 3. The number of rotatable bonds is 3. The molecule has 0 aromatic rings. The Morgan fingerprint density at radius 1 is 1.41 bits per heavy atom. The molecule has 0 aromatic heterocycles. The maximum Gasteiger partial charge on any atom is 0.224 e. The van der Waals surface area contributed by atoms with Gasteiger partial charge in [-0.2, -0.15) is 11.8 Å². The van der Waals surface area contributed by atoms with E-state index in [1.165, 1.54) is 0 Å². The molecule has 1 N–H and O–H groups in total. The van der Waals surface area contributed by atoms with Crippen LogP contribution in [0.3, 0.4) is 0 Å². The van der Waals surface area contributed by atoms with Gasteiger partial charge in [0, 0.05) is 42.1 Å². The highest BCUT2D eigenvalue weighted by Gasteiger charge is 2.28. The molecular formula is C13H26N2OS. The van der Waals surface area contributed by atoms with Crippen molar-refractivity contribution in [1.29, 1.82) is 0 Å². The third kappa shape index (κ3) is 4.88. The summed E-state index contributed by atoms with van der Waals surface area (Å²) in [6.07, 6.45) is 0.610. The van der Waals surface area contributed by atoms with Gasteiger partial charge in [-0.1, -0.05) is 6.92 Å². The van der Waals surface area contributed by atoms with E-state index in [0.29, 0.717) is 23.6 Å². The Hall–Kier alpha value is -0.220. The molecule has 1 heterocycles. The van der Waals surface area contributed by atoms with Crippen LogP contribution in [-0.2, 0) is 4.79 Å². The molecule has 0 radical (unpaired) electrons. The van der Waals surface area contributed by atoms with Gasteiger partial charge in [0.15, 0.2) is 0 Å². The molecule has 1 saturated heterocycles. The molecule has 0 aromatic carbocycles. The van der Waals surface area contributed by atoms with Crippen LogP contribution in [0.25, 0.3) is 0 Å². The predicted molar refractivity (Wildman–Crippen MR) is 75.5 cm³/mol. The molecular weight excluding hydrogens is 232 g/mol. The molecule has 0 spiro atoms. The summed E-state index contributed by atoms with van der Waals surface area (Å²) in [5.41, 5.74) is 0.0942. The first-order valence-electron chi connectivity index (χ1n) is 6.47. The SMILES string of the molecule is CC1SCCN(C(=O)CCNC(C)(C)C)C1C. The lowest BCUT2D eigenvalue weighted by Crippen LogP contribution is -2.49.